The Morgan fingerprint density at radius 1 is 1.25 bits per heavy atom. The van der Waals surface area contributed by atoms with Gasteiger partial charge >= 0.3 is 0 Å². The minimum atomic E-state index is -0.480. The fourth-order valence-corrected chi connectivity index (χ4v) is 7.18. The number of halogens is 1. The van der Waals surface area contributed by atoms with Crippen molar-refractivity contribution in [3.8, 4) is 0 Å². The third-order valence-electron chi connectivity index (χ3n) is 7.75. The summed E-state index contributed by atoms with van der Waals surface area (Å²) >= 11 is 6.72. The molecule has 2 N–H and O–H groups in total. The Balaban J connectivity index is 1.79. The maximum atomic E-state index is 11.8. The van der Waals surface area contributed by atoms with Gasteiger partial charge in [-0.1, -0.05) is 26.8 Å². The van der Waals surface area contributed by atoms with E-state index in [4.69, 9.17) is 11.6 Å². The Kier molecular flexibility index (Phi) is 3.63. The molecule has 0 aromatic carbocycles. The molecule has 0 aromatic heterocycles. The maximum absolute atomic E-state index is 11.8. The van der Waals surface area contributed by atoms with Crippen molar-refractivity contribution in [3.63, 3.8) is 0 Å². The van der Waals surface area contributed by atoms with Crippen LogP contribution in [0.4, 0.5) is 0 Å². The Morgan fingerprint density at radius 3 is 2.67 bits per heavy atom. The third-order valence-corrected chi connectivity index (χ3v) is 8.16. The molecule has 24 heavy (non-hydrogen) atoms. The number of hydrogen-bond donors (Lipinski definition) is 2. The van der Waals surface area contributed by atoms with Crippen LogP contribution in [0.2, 0.25) is 0 Å². The topological polar surface area (TPSA) is 57.5 Å². The summed E-state index contributed by atoms with van der Waals surface area (Å²) < 4.78 is 0. The highest BCUT2D eigenvalue weighted by Crippen LogP contribution is 2.65. The van der Waals surface area contributed by atoms with Gasteiger partial charge in [-0.3, -0.25) is 4.79 Å². The van der Waals surface area contributed by atoms with E-state index in [1.54, 1.807) is 12.2 Å². The number of carbonyl (C=O) groups excluding carboxylic acids is 1. The number of carbonyl (C=O) groups is 1. The molecule has 3 saturated carbocycles. The van der Waals surface area contributed by atoms with E-state index >= 15 is 0 Å². The van der Waals surface area contributed by atoms with Crippen molar-refractivity contribution < 1.29 is 15.0 Å². The molecular weight excluding hydrogens is 324 g/mol. The molecule has 3 fully saturated rings. The zero-order valence-corrected chi connectivity index (χ0v) is 15.3. The number of aliphatic hydroxyl groups excluding tert-OH is 2. The van der Waals surface area contributed by atoms with Crippen molar-refractivity contribution in [1.29, 1.82) is 0 Å². The van der Waals surface area contributed by atoms with Gasteiger partial charge in [-0.15, -0.1) is 11.6 Å². The first-order valence-electron chi connectivity index (χ1n) is 9.14. The monoisotopic (exact) mass is 350 g/mol. The number of fused-ring (bicyclic) bond motifs is 5. The normalized spacial score (nSPS) is 56.3. The molecule has 0 heterocycles. The molecule has 9 atom stereocenters. The second-order valence-electron chi connectivity index (χ2n) is 9.05. The minimum absolute atomic E-state index is 0.00776. The van der Waals surface area contributed by atoms with Crippen molar-refractivity contribution in [2.24, 2.45) is 34.5 Å². The van der Waals surface area contributed by atoms with Gasteiger partial charge in [0.1, 0.15) is 0 Å². The lowest BCUT2D eigenvalue weighted by atomic mass is 9.47. The Labute approximate surface area is 148 Å². The standard InChI is InChI=1S/C20H27ClO3/c1-10-6-13-12-8-15(21)14-7-11(22)4-5-19(14,2)17(12)16(23)9-20(13,3)18(10)24/h4-5,7,10,12-13,15-18,23-24H,6,8-9H2,1-3H3/t10-,12-,13-,15-,16-,17+,18+,19-,20-/m0/s1. The van der Waals surface area contributed by atoms with Crippen molar-refractivity contribution in [2.75, 3.05) is 0 Å². The van der Waals surface area contributed by atoms with Crippen LogP contribution in [-0.4, -0.2) is 33.6 Å². The fourth-order valence-electron chi connectivity index (χ4n) is 6.68. The van der Waals surface area contributed by atoms with Gasteiger partial charge in [0.05, 0.1) is 17.6 Å². The number of rotatable bonds is 0. The predicted molar refractivity (Wildman–Crippen MR) is 93.6 cm³/mol. The largest absolute Gasteiger partial charge is 0.393 e. The highest BCUT2D eigenvalue weighted by molar-refractivity contribution is 6.23. The summed E-state index contributed by atoms with van der Waals surface area (Å²) in [6.07, 6.45) is 6.84. The van der Waals surface area contributed by atoms with E-state index in [9.17, 15) is 15.0 Å². The van der Waals surface area contributed by atoms with Crippen molar-refractivity contribution in [2.45, 2.75) is 57.6 Å². The molecular formula is C20H27ClO3. The zero-order valence-electron chi connectivity index (χ0n) is 14.6. The molecule has 4 rings (SSSR count). The summed E-state index contributed by atoms with van der Waals surface area (Å²) in [5.41, 5.74) is 0.371. The van der Waals surface area contributed by atoms with Crippen LogP contribution >= 0.6 is 11.6 Å². The second kappa shape index (κ2) is 5.18. The number of aliphatic hydroxyl groups is 2. The molecule has 0 saturated heterocycles. The predicted octanol–water partition coefficient (Wildman–Crippen LogP) is 3.09. The zero-order chi connectivity index (χ0) is 17.4. The first kappa shape index (κ1) is 16.8. The number of alkyl halides is 1. The van der Waals surface area contributed by atoms with Crippen LogP contribution in [0.15, 0.2) is 23.8 Å². The summed E-state index contributed by atoms with van der Waals surface area (Å²) in [5, 5.41) is 21.6. The fraction of sp³-hybridized carbons (Fsp3) is 0.750. The van der Waals surface area contributed by atoms with Crippen molar-refractivity contribution in [1.82, 2.24) is 0 Å². The summed E-state index contributed by atoms with van der Waals surface area (Å²) in [6.45, 7) is 6.37. The van der Waals surface area contributed by atoms with Gasteiger partial charge in [-0.2, -0.15) is 0 Å². The van der Waals surface area contributed by atoms with E-state index in [-0.39, 0.29) is 45.8 Å². The average Bonchev–Trinajstić information content (AvgIpc) is 2.72. The Bertz CT molecular complexity index is 641. The third kappa shape index (κ3) is 2.01. The van der Waals surface area contributed by atoms with Gasteiger partial charge < -0.3 is 10.2 Å². The lowest BCUT2D eigenvalue weighted by Gasteiger charge is -2.59. The quantitative estimate of drug-likeness (QED) is 0.660. The molecule has 0 bridgehead atoms. The molecule has 132 valence electrons. The number of ketones is 1. The first-order valence-corrected chi connectivity index (χ1v) is 9.57. The molecule has 0 amide bonds. The molecule has 4 heteroatoms. The number of hydrogen-bond acceptors (Lipinski definition) is 3. The maximum Gasteiger partial charge on any atom is 0.178 e. The van der Waals surface area contributed by atoms with E-state index < -0.39 is 6.10 Å². The van der Waals surface area contributed by atoms with Crippen LogP contribution in [-0.2, 0) is 4.79 Å². The summed E-state index contributed by atoms with van der Waals surface area (Å²) in [6, 6.07) is 0. The van der Waals surface area contributed by atoms with Crippen molar-refractivity contribution >= 4 is 17.4 Å². The summed E-state index contributed by atoms with van der Waals surface area (Å²) in [5.74, 6) is 0.973. The molecule has 0 aliphatic heterocycles. The van der Waals surface area contributed by atoms with Gasteiger partial charge in [0.2, 0.25) is 0 Å². The molecule has 0 unspecified atom stereocenters. The van der Waals surface area contributed by atoms with Crippen LogP contribution in [0.25, 0.3) is 0 Å². The van der Waals surface area contributed by atoms with Gasteiger partial charge in [0.25, 0.3) is 0 Å². The summed E-state index contributed by atoms with van der Waals surface area (Å²) in [4.78, 5) is 11.8. The second-order valence-corrected chi connectivity index (χ2v) is 9.58. The smallest absolute Gasteiger partial charge is 0.178 e. The molecule has 0 radical (unpaired) electrons. The molecule has 4 aliphatic rings. The van der Waals surface area contributed by atoms with Gasteiger partial charge in [0, 0.05) is 11.3 Å². The lowest BCUT2D eigenvalue weighted by Crippen LogP contribution is -2.58. The highest BCUT2D eigenvalue weighted by atomic mass is 35.5. The van der Waals surface area contributed by atoms with E-state index in [0.29, 0.717) is 12.3 Å². The van der Waals surface area contributed by atoms with Crippen LogP contribution in [0.3, 0.4) is 0 Å². The average molecular weight is 351 g/mol. The van der Waals surface area contributed by atoms with Gasteiger partial charge in [-0.25, -0.2) is 0 Å². The lowest BCUT2D eigenvalue weighted by molar-refractivity contribution is -0.130. The van der Waals surface area contributed by atoms with E-state index in [2.05, 4.69) is 20.8 Å². The molecule has 4 aliphatic carbocycles. The Hall–Kier alpha value is -0.640. The highest BCUT2D eigenvalue weighted by Gasteiger charge is 2.64. The molecule has 0 aromatic rings. The van der Waals surface area contributed by atoms with Gasteiger partial charge in [-0.05, 0) is 60.2 Å². The molecule has 0 spiro atoms. The molecule has 3 nitrogen and oxygen atoms in total. The minimum Gasteiger partial charge on any atom is -0.393 e. The van der Waals surface area contributed by atoms with E-state index in [0.717, 1.165) is 18.4 Å². The first-order chi connectivity index (χ1) is 11.2. The van der Waals surface area contributed by atoms with Crippen LogP contribution in [0.1, 0.15) is 40.0 Å². The van der Waals surface area contributed by atoms with Crippen molar-refractivity contribution in [3.05, 3.63) is 23.8 Å². The van der Waals surface area contributed by atoms with Crippen LogP contribution in [0, 0.1) is 34.5 Å². The Morgan fingerprint density at radius 2 is 1.96 bits per heavy atom. The van der Waals surface area contributed by atoms with Crippen LogP contribution < -0.4 is 0 Å². The van der Waals surface area contributed by atoms with E-state index in [1.807, 2.05) is 6.08 Å². The van der Waals surface area contributed by atoms with Gasteiger partial charge in [0.15, 0.2) is 5.78 Å². The van der Waals surface area contributed by atoms with E-state index in [1.165, 1.54) is 0 Å². The number of allylic oxidation sites excluding steroid dienone is 4. The summed E-state index contributed by atoms with van der Waals surface area (Å²) in [7, 11) is 0. The SMILES string of the molecule is C[C@H]1C[C@H]2[C@@H]3C[C@H](Cl)C4=CC(=O)C=C[C@]4(C)[C@H]3[C@@H](O)C[C@]2(C)[C@@H]1O. The van der Waals surface area contributed by atoms with Crippen LogP contribution in [0.5, 0.6) is 0 Å².